The molecule has 94 valence electrons. The molecule has 0 aromatic carbocycles. The van der Waals surface area contributed by atoms with E-state index >= 15 is 0 Å². The van der Waals surface area contributed by atoms with Gasteiger partial charge in [0.15, 0.2) is 0 Å². The highest BCUT2D eigenvalue weighted by Crippen LogP contribution is 2.07. The van der Waals surface area contributed by atoms with Crippen molar-refractivity contribution in [3.8, 4) is 0 Å². The molecular weight excluding hydrogens is 204 g/mol. The van der Waals surface area contributed by atoms with Crippen molar-refractivity contribution in [2.75, 3.05) is 33.3 Å². The molecule has 4 nitrogen and oxygen atoms in total. The van der Waals surface area contributed by atoms with E-state index in [-0.39, 0.29) is 5.91 Å². The van der Waals surface area contributed by atoms with E-state index in [4.69, 9.17) is 4.74 Å². The van der Waals surface area contributed by atoms with Crippen LogP contribution in [-0.4, -0.2) is 50.2 Å². The second-order valence-corrected chi connectivity index (χ2v) is 4.39. The number of carbonyl (C=O) groups is 1. The van der Waals surface area contributed by atoms with Crippen LogP contribution in [0.25, 0.3) is 0 Å². The minimum Gasteiger partial charge on any atom is -0.378 e. The van der Waals surface area contributed by atoms with Crippen LogP contribution in [0.1, 0.15) is 32.6 Å². The molecule has 0 radical (unpaired) electrons. The summed E-state index contributed by atoms with van der Waals surface area (Å²) in [6.07, 6.45) is 4.01. The van der Waals surface area contributed by atoms with Gasteiger partial charge in [0.25, 0.3) is 0 Å². The monoisotopic (exact) mass is 228 g/mol. The SMILES string of the molecule is CCCN(C)C(=O)CCOC1CCNCC1. The predicted octanol–water partition coefficient (Wildman–Crippen LogP) is 1.01. The second kappa shape index (κ2) is 7.63. The standard InChI is InChI=1S/C12H24N2O2/c1-3-9-14(2)12(15)6-10-16-11-4-7-13-8-5-11/h11,13H,3-10H2,1-2H3. The molecule has 1 aliphatic heterocycles. The molecule has 1 amide bonds. The first kappa shape index (κ1) is 13.5. The highest BCUT2D eigenvalue weighted by molar-refractivity contribution is 5.75. The van der Waals surface area contributed by atoms with Crippen LogP contribution in [0.2, 0.25) is 0 Å². The number of ether oxygens (including phenoxy) is 1. The number of carbonyl (C=O) groups excluding carboxylic acids is 1. The molecule has 1 saturated heterocycles. The number of hydrogen-bond acceptors (Lipinski definition) is 3. The maximum Gasteiger partial charge on any atom is 0.224 e. The number of nitrogens with zero attached hydrogens (tertiary/aromatic N) is 1. The molecule has 0 spiro atoms. The van der Waals surface area contributed by atoms with Crippen LogP contribution in [0.5, 0.6) is 0 Å². The van der Waals surface area contributed by atoms with E-state index in [1.165, 1.54) is 0 Å². The molecular formula is C12H24N2O2. The quantitative estimate of drug-likeness (QED) is 0.738. The van der Waals surface area contributed by atoms with E-state index in [1.807, 2.05) is 7.05 Å². The zero-order valence-corrected chi connectivity index (χ0v) is 10.5. The van der Waals surface area contributed by atoms with Gasteiger partial charge in [-0.15, -0.1) is 0 Å². The highest BCUT2D eigenvalue weighted by Gasteiger charge is 2.14. The molecule has 1 N–H and O–H groups in total. The van der Waals surface area contributed by atoms with Gasteiger partial charge in [-0.25, -0.2) is 0 Å². The lowest BCUT2D eigenvalue weighted by molar-refractivity contribution is -0.131. The molecule has 1 fully saturated rings. The van der Waals surface area contributed by atoms with Crippen LogP contribution < -0.4 is 5.32 Å². The van der Waals surface area contributed by atoms with Crippen LogP contribution in [0.3, 0.4) is 0 Å². The third-order valence-corrected chi connectivity index (χ3v) is 2.94. The normalized spacial score (nSPS) is 17.4. The lowest BCUT2D eigenvalue weighted by Gasteiger charge is -2.23. The van der Waals surface area contributed by atoms with Crippen molar-refractivity contribution in [3.63, 3.8) is 0 Å². The summed E-state index contributed by atoms with van der Waals surface area (Å²) < 4.78 is 5.69. The van der Waals surface area contributed by atoms with Crippen LogP contribution in [-0.2, 0) is 9.53 Å². The van der Waals surface area contributed by atoms with Gasteiger partial charge < -0.3 is 15.0 Å². The zero-order chi connectivity index (χ0) is 11.8. The zero-order valence-electron chi connectivity index (χ0n) is 10.5. The number of amides is 1. The van der Waals surface area contributed by atoms with Crippen molar-refractivity contribution in [2.45, 2.75) is 38.7 Å². The molecule has 1 rings (SSSR count). The molecule has 1 aliphatic rings. The smallest absolute Gasteiger partial charge is 0.224 e. The van der Waals surface area contributed by atoms with Gasteiger partial charge in [-0.1, -0.05) is 6.92 Å². The minimum absolute atomic E-state index is 0.191. The Balaban J connectivity index is 2.07. The van der Waals surface area contributed by atoms with Crippen LogP contribution in [0.15, 0.2) is 0 Å². The summed E-state index contributed by atoms with van der Waals surface area (Å²) in [6, 6.07) is 0. The van der Waals surface area contributed by atoms with Gasteiger partial charge in [-0.05, 0) is 32.4 Å². The van der Waals surface area contributed by atoms with Gasteiger partial charge >= 0.3 is 0 Å². The third kappa shape index (κ3) is 4.94. The van der Waals surface area contributed by atoms with E-state index in [0.717, 1.165) is 38.9 Å². The number of rotatable bonds is 6. The average molecular weight is 228 g/mol. The Morgan fingerprint density at radius 3 is 2.75 bits per heavy atom. The third-order valence-electron chi connectivity index (χ3n) is 2.94. The number of hydrogen-bond donors (Lipinski definition) is 1. The Morgan fingerprint density at radius 1 is 1.44 bits per heavy atom. The molecule has 0 bridgehead atoms. The van der Waals surface area contributed by atoms with Gasteiger partial charge in [-0.3, -0.25) is 4.79 Å². The largest absolute Gasteiger partial charge is 0.378 e. The molecule has 0 atom stereocenters. The summed E-state index contributed by atoms with van der Waals surface area (Å²) in [7, 11) is 1.86. The van der Waals surface area contributed by atoms with Crippen LogP contribution >= 0.6 is 0 Å². The fourth-order valence-corrected chi connectivity index (χ4v) is 1.93. The lowest BCUT2D eigenvalue weighted by Crippen LogP contribution is -2.33. The Kier molecular flexibility index (Phi) is 6.42. The average Bonchev–Trinajstić information content (AvgIpc) is 2.30. The Morgan fingerprint density at radius 2 is 2.12 bits per heavy atom. The predicted molar refractivity (Wildman–Crippen MR) is 64.4 cm³/mol. The fraction of sp³-hybridized carbons (Fsp3) is 0.917. The Hall–Kier alpha value is -0.610. The maximum atomic E-state index is 11.6. The molecule has 0 saturated carbocycles. The van der Waals surface area contributed by atoms with Crippen molar-refractivity contribution in [1.29, 1.82) is 0 Å². The van der Waals surface area contributed by atoms with Crippen molar-refractivity contribution >= 4 is 5.91 Å². The van der Waals surface area contributed by atoms with Gasteiger partial charge in [0.1, 0.15) is 0 Å². The van der Waals surface area contributed by atoms with E-state index in [1.54, 1.807) is 4.90 Å². The van der Waals surface area contributed by atoms with Crippen molar-refractivity contribution in [1.82, 2.24) is 10.2 Å². The van der Waals surface area contributed by atoms with Crippen LogP contribution in [0.4, 0.5) is 0 Å². The first-order valence-electron chi connectivity index (χ1n) is 6.30. The summed E-state index contributed by atoms with van der Waals surface area (Å²) in [6.45, 7) is 5.56. The van der Waals surface area contributed by atoms with Crippen LogP contribution in [0, 0.1) is 0 Å². The van der Waals surface area contributed by atoms with Gasteiger partial charge in [0, 0.05) is 13.6 Å². The molecule has 0 aromatic rings. The van der Waals surface area contributed by atoms with E-state index < -0.39 is 0 Å². The second-order valence-electron chi connectivity index (χ2n) is 4.39. The molecule has 0 aliphatic carbocycles. The lowest BCUT2D eigenvalue weighted by atomic mass is 10.1. The highest BCUT2D eigenvalue weighted by atomic mass is 16.5. The van der Waals surface area contributed by atoms with E-state index in [9.17, 15) is 4.79 Å². The molecule has 0 aromatic heterocycles. The molecule has 0 unspecified atom stereocenters. The maximum absolute atomic E-state index is 11.6. The first-order valence-corrected chi connectivity index (χ1v) is 6.30. The van der Waals surface area contributed by atoms with Crippen molar-refractivity contribution < 1.29 is 9.53 Å². The minimum atomic E-state index is 0.191. The summed E-state index contributed by atoms with van der Waals surface area (Å²) in [4.78, 5) is 13.4. The summed E-state index contributed by atoms with van der Waals surface area (Å²) in [5.74, 6) is 0.191. The number of piperidine rings is 1. The van der Waals surface area contributed by atoms with Gasteiger partial charge in [0.05, 0.1) is 19.1 Å². The molecule has 4 heteroatoms. The Labute approximate surface area is 98.3 Å². The summed E-state index contributed by atoms with van der Waals surface area (Å²) in [5.41, 5.74) is 0. The Bertz CT molecular complexity index is 203. The molecule has 16 heavy (non-hydrogen) atoms. The molecule has 1 heterocycles. The number of nitrogens with one attached hydrogen (secondary N) is 1. The van der Waals surface area contributed by atoms with E-state index in [2.05, 4.69) is 12.2 Å². The van der Waals surface area contributed by atoms with E-state index in [0.29, 0.717) is 19.1 Å². The summed E-state index contributed by atoms with van der Waals surface area (Å²) in [5, 5.41) is 3.29. The van der Waals surface area contributed by atoms with Gasteiger partial charge in [-0.2, -0.15) is 0 Å². The first-order chi connectivity index (χ1) is 7.74. The summed E-state index contributed by atoms with van der Waals surface area (Å²) >= 11 is 0. The van der Waals surface area contributed by atoms with Gasteiger partial charge in [0.2, 0.25) is 5.91 Å². The fourth-order valence-electron chi connectivity index (χ4n) is 1.93. The van der Waals surface area contributed by atoms with Crippen molar-refractivity contribution in [2.24, 2.45) is 0 Å². The topological polar surface area (TPSA) is 41.6 Å². The van der Waals surface area contributed by atoms with Crippen molar-refractivity contribution in [3.05, 3.63) is 0 Å².